The van der Waals surface area contributed by atoms with Gasteiger partial charge in [0.25, 0.3) is 0 Å². The van der Waals surface area contributed by atoms with Gasteiger partial charge in [-0.15, -0.1) is 0 Å². The lowest BCUT2D eigenvalue weighted by atomic mass is 10.1. The van der Waals surface area contributed by atoms with Gasteiger partial charge in [0, 0.05) is 25.6 Å². The van der Waals surface area contributed by atoms with E-state index in [2.05, 4.69) is 0 Å². The van der Waals surface area contributed by atoms with Crippen LogP contribution >= 0.6 is 0 Å². The maximum atomic E-state index is 11.3. The van der Waals surface area contributed by atoms with Crippen LogP contribution in [0.2, 0.25) is 0 Å². The highest BCUT2D eigenvalue weighted by molar-refractivity contribution is 5.78. The highest BCUT2D eigenvalue weighted by Gasteiger charge is 2.31. The number of amides is 1. The summed E-state index contributed by atoms with van der Waals surface area (Å²) in [5.41, 5.74) is 0. The Hall–Kier alpha value is -0.570. The number of ether oxygens (including phenoxy) is 1. The maximum Gasteiger partial charge on any atom is 0.225 e. The second-order valence-electron chi connectivity index (χ2n) is 3.48. The van der Waals surface area contributed by atoms with Crippen LogP contribution in [0.5, 0.6) is 0 Å². The molecule has 1 saturated heterocycles. The first-order valence-corrected chi connectivity index (χ1v) is 4.55. The molecule has 12 heavy (non-hydrogen) atoms. The monoisotopic (exact) mass is 171 g/mol. The topological polar surface area (TPSA) is 29.5 Å². The van der Waals surface area contributed by atoms with Crippen LogP contribution in [-0.4, -0.2) is 36.6 Å². The third kappa shape index (κ3) is 1.97. The van der Waals surface area contributed by atoms with Gasteiger partial charge in [-0.3, -0.25) is 4.79 Å². The molecule has 0 spiro atoms. The maximum absolute atomic E-state index is 11.3. The fraction of sp³-hybridized carbons (Fsp3) is 0.889. The molecule has 0 aromatic heterocycles. The second-order valence-corrected chi connectivity index (χ2v) is 3.48. The summed E-state index contributed by atoms with van der Waals surface area (Å²) in [4.78, 5) is 13.2. The van der Waals surface area contributed by atoms with Crippen molar-refractivity contribution in [3.8, 4) is 0 Å². The summed E-state index contributed by atoms with van der Waals surface area (Å²) in [6.07, 6.45) is 0.290. The fourth-order valence-electron chi connectivity index (χ4n) is 1.32. The number of hydrogen-bond acceptors (Lipinski definition) is 2. The third-order valence-electron chi connectivity index (χ3n) is 2.06. The van der Waals surface area contributed by atoms with E-state index in [4.69, 9.17) is 4.74 Å². The van der Waals surface area contributed by atoms with E-state index in [-0.39, 0.29) is 17.9 Å². The summed E-state index contributed by atoms with van der Waals surface area (Å²) in [6.45, 7) is 8.14. The summed E-state index contributed by atoms with van der Waals surface area (Å²) >= 11 is 0. The Bertz CT molecular complexity index is 162. The molecule has 0 aromatic carbocycles. The van der Waals surface area contributed by atoms with Gasteiger partial charge in [-0.25, -0.2) is 0 Å². The van der Waals surface area contributed by atoms with E-state index in [1.54, 1.807) is 0 Å². The van der Waals surface area contributed by atoms with Gasteiger partial charge in [0.05, 0.1) is 6.10 Å². The Balaban J connectivity index is 2.20. The molecule has 0 bridgehead atoms. The molecule has 1 aliphatic rings. The van der Waals surface area contributed by atoms with Gasteiger partial charge in [-0.05, 0) is 6.92 Å². The van der Waals surface area contributed by atoms with Crippen molar-refractivity contribution in [2.24, 2.45) is 5.92 Å². The molecule has 0 saturated carbocycles. The Morgan fingerprint density at radius 1 is 1.58 bits per heavy atom. The quantitative estimate of drug-likeness (QED) is 0.631. The van der Waals surface area contributed by atoms with Crippen molar-refractivity contribution in [1.29, 1.82) is 0 Å². The molecule has 0 unspecified atom stereocenters. The molecule has 0 radical (unpaired) electrons. The fourth-order valence-corrected chi connectivity index (χ4v) is 1.32. The van der Waals surface area contributed by atoms with E-state index >= 15 is 0 Å². The highest BCUT2D eigenvalue weighted by atomic mass is 16.5. The van der Waals surface area contributed by atoms with E-state index in [1.807, 2.05) is 25.7 Å². The summed E-state index contributed by atoms with van der Waals surface area (Å²) in [5, 5.41) is 0. The zero-order chi connectivity index (χ0) is 9.14. The van der Waals surface area contributed by atoms with Crippen LogP contribution in [0, 0.1) is 5.92 Å². The first kappa shape index (κ1) is 9.52. The summed E-state index contributed by atoms with van der Waals surface area (Å²) < 4.78 is 5.34. The molecule has 0 N–H and O–H groups in total. The molecule has 1 fully saturated rings. The van der Waals surface area contributed by atoms with Crippen LogP contribution in [0.4, 0.5) is 0 Å². The molecule has 1 rings (SSSR count). The van der Waals surface area contributed by atoms with Crippen LogP contribution in [0.1, 0.15) is 20.8 Å². The molecular weight excluding hydrogens is 154 g/mol. The number of hydrogen-bond donors (Lipinski definition) is 0. The van der Waals surface area contributed by atoms with Crippen molar-refractivity contribution in [2.75, 3.05) is 19.7 Å². The molecule has 0 aromatic rings. The van der Waals surface area contributed by atoms with Crippen molar-refractivity contribution in [3.63, 3.8) is 0 Å². The minimum absolute atomic E-state index is 0.118. The zero-order valence-corrected chi connectivity index (χ0v) is 8.04. The van der Waals surface area contributed by atoms with E-state index in [0.29, 0.717) is 0 Å². The van der Waals surface area contributed by atoms with Crippen LogP contribution in [0.15, 0.2) is 0 Å². The minimum atomic E-state index is 0.118. The largest absolute Gasteiger partial charge is 0.375 e. The van der Waals surface area contributed by atoms with Crippen molar-refractivity contribution in [2.45, 2.75) is 26.9 Å². The average Bonchev–Trinajstić information content (AvgIpc) is 1.94. The summed E-state index contributed by atoms with van der Waals surface area (Å²) in [6, 6.07) is 0. The predicted octanol–water partition coefficient (Wildman–Crippen LogP) is 0.890. The third-order valence-corrected chi connectivity index (χ3v) is 2.06. The lowest BCUT2D eigenvalue weighted by molar-refractivity contribution is -0.147. The lowest BCUT2D eigenvalue weighted by Gasteiger charge is -2.39. The smallest absolute Gasteiger partial charge is 0.225 e. The Kier molecular flexibility index (Phi) is 3.09. The zero-order valence-electron chi connectivity index (χ0n) is 8.04. The molecule has 0 atom stereocenters. The van der Waals surface area contributed by atoms with Gasteiger partial charge >= 0.3 is 0 Å². The SMILES string of the molecule is CCOC1CN(C(=O)C(C)C)C1. The molecular formula is C9H17NO2. The Labute approximate surface area is 73.7 Å². The second kappa shape index (κ2) is 3.90. The van der Waals surface area contributed by atoms with Crippen molar-refractivity contribution >= 4 is 5.91 Å². The molecule has 1 heterocycles. The van der Waals surface area contributed by atoms with E-state index in [0.717, 1.165) is 19.7 Å². The van der Waals surface area contributed by atoms with E-state index in [1.165, 1.54) is 0 Å². The van der Waals surface area contributed by atoms with Crippen LogP contribution in [-0.2, 0) is 9.53 Å². The molecule has 70 valence electrons. The van der Waals surface area contributed by atoms with Gasteiger partial charge in [0.15, 0.2) is 0 Å². The van der Waals surface area contributed by atoms with Gasteiger partial charge in [0.1, 0.15) is 0 Å². The van der Waals surface area contributed by atoms with Crippen molar-refractivity contribution in [3.05, 3.63) is 0 Å². The van der Waals surface area contributed by atoms with Gasteiger partial charge in [0.2, 0.25) is 5.91 Å². The number of carbonyl (C=O) groups excluding carboxylic acids is 1. The average molecular weight is 171 g/mol. The van der Waals surface area contributed by atoms with Gasteiger partial charge in [-0.2, -0.15) is 0 Å². The van der Waals surface area contributed by atoms with Crippen molar-refractivity contribution < 1.29 is 9.53 Å². The molecule has 0 aliphatic carbocycles. The summed E-state index contributed by atoms with van der Waals surface area (Å²) in [7, 11) is 0. The molecule has 1 amide bonds. The minimum Gasteiger partial charge on any atom is -0.375 e. The lowest BCUT2D eigenvalue weighted by Crippen LogP contribution is -2.55. The summed E-state index contributed by atoms with van der Waals surface area (Å²) in [5.74, 6) is 0.360. The van der Waals surface area contributed by atoms with Gasteiger partial charge in [-0.1, -0.05) is 13.8 Å². The van der Waals surface area contributed by atoms with Crippen LogP contribution in [0.25, 0.3) is 0 Å². The first-order chi connectivity index (χ1) is 5.65. The number of rotatable bonds is 3. The highest BCUT2D eigenvalue weighted by Crippen LogP contribution is 2.14. The standard InChI is InChI=1S/C9H17NO2/c1-4-12-8-5-10(6-8)9(11)7(2)3/h7-8H,4-6H2,1-3H3. The van der Waals surface area contributed by atoms with Crippen molar-refractivity contribution in [1.82, 2.24) is 4.90 Å². The Morgan fingerprint density at radius 3 is 2.58 bits per heavy atom. The molecule has 1 aliphatic heterocycles. The number of carbonyl (C=O) groups is 1. The number of nitrogens with zero attached hydrogens (tertiary/aromatic N) is 1. The van der Waals surface area contributed by atoms with Crippen LogP contribution < -0.4 is 0 Å². The van der Waals surface area contributed by atoms with E-state index < -0.39 is 0 Å². The normalized spacial score (nSPS) is 18.2. The van der Waals surface area contributed by atoms with Gasteiger partial charge < -0.3 is 9.64 Å². The number of likely N-dealkylation sites (tertiary alicyclic amines) is 1. The predicted molar refractivity (Wildman–Crippen MR) is 46.8 cm³/mol. The Morgan fingerprint density at radius 2 is 2.17 bits per heavy atom. The van der Waals surface area contributed by atoms with E-state index in [9.17, 15) is 4.79 Å². The molecule has 3 nitrogen and oxygen atoms in total. The first-order valence-electron chi connectivity index (χ1n) is 4.55. The molecule has 3 heteroatoms. The van der Waals surface area contributed by atoms with Crippen LogP contribution in [0.3, 0.4) is 0 Å².